The molecule has 2 rings (SSSR count). The number of piperidine rings is 1. The maximum Gasteiger partial charge on any atom is 0.0771 e. The zero-order valence-corrected chi connectivity index (χ0v) is 11.2. The Morgan fingerprint density at radius 2 is 1.82 bits per heavy atom. The molecule has 3 heteroatoms. The molecule has 17 heavy (non-hydrogen) atoms. The lowest BCUT2D eigenvalue weighted by Crippen LogP contribution is -2.49. The van der Waals surface area contributed by atoms with Crippen LogP contribution >= 0.6 is 0 Å². The van der Waals surface area contributed by atoms with Crippen LogP contribution in [0.4, 0.5) is 0 Å². The van der Waals surface area contributed by atoms with Gasteiger partial charge in [-0.05, 0) is 57.5 Å². The van der Waals surface area contributed by atoms with E-state index >= 15 is 0 Å². The first-order valence-corrected chi connectivity index (χ1v) is 7.38. The van der Waals surface area contributed by atoms with Crippen LogP contribution in [0, 0.1) is 5.92 Å². The van der Waals surface area contributed by atoms with Gasteiger partial charge in [-0.1, -0.05) is 13.3 Å². The summed E-state index contributed by atoms with van der Waals surface area (Å²) in [6, 6.07) is 0.615. The molecule has 0 amide bonds. The molecule has 0 aromatic rings. The highest BCUT2D eigenvalue weighted by atomic mass is 16.3. The molecular weight excluding hydrogens is 212 g/mol. The van der Waals surface area contributed by atoms with E-state index in [1.807, 2.05) is 0 Å². The Labute approximate surface area is 105 Å². The monoisotopic (exact) mass is 240 g/mol. The van der Waals surface area contributed by atoms with Crippen LogP contribution in [0.3, 0.4) is 0 Å². The topological polar surface area (TPSA) is 44.3 Å². The minimum absolute atomic E-state index is 0.420. The molecule has 1 heterocycles. The van der Waals surface area contributed by atoms with Gasteiger partial charge < -0.3 is 15.7 Å². The van der Waals surface area contributed by atoms with Gasteiger partial charge in [0.15, 0.2) is 0 Å². The van der Waals surface area contributed by atoms with E-state index in [9.17, 15) is 5.11 Å². The van der Waals surface area contributed by atoms with E-state index in [0.717, 1.165) is 38.4 Å². The molecule has 0 aromatic carbocycles. The second-order valence-corrected chi connectivity index (χ2v) is 5.98. The van der Waals surface area contributed by atoms with E-state index in [4.69, 9.17) is 0 Å². The quantitative estimate of drug-likeness (QED) is 0.700. The molecule has 0 aromatic heterocycles. The third-order valence-electron chi connectivity index (χ3n) is 4.67. The Morgan fingerprint density at radius 3 is 2.41 bits per heavy atom. The fourth-order valence-electron chi connectivity index (χ4n) is 3.16. The lowest BCUT2D eigenvalue weighted by Gasteiger charge is -2.37. The van der Waals surface area contributed by atoms with Crippen molar-refractivity contribution < 1.29 is 5.11 Å². The molecule has 1 saturated heterocycles. The lowest BCUT2D eigenvalue weighted by atomic mass is 9.77. The summed E-state index contributed by atoms with van der Waals surface area (Å²) in [6.45, 7) is 5.30. The molecule has 1 aliphatic carbocycles. The van der Waals surface area contributed by atoms with Gasteiger partial charge in [0.1, 0.15) is 0 Å². The summed E-state index contributed by atoms with van der Waals surface area (Å²) in [6.07, 6.45) is 8.08. The van der Waals surface area contributed by atoms with Crippen molar-refractivity contribution in [1.82, 2.24) is 10.6 Å². The first-order chi connectivity index (χ1) is 8.22. The highest BCUT2D eigenvalue weighted by Crippen LogP contribution is 2.33. The van der Waals surface area contributed by atoms with Gasteiger partial charge in [0.05, 0.1) is 5.60 Å². The van der Waals surface area contributed by atoms with Crippen LogP contribution in [0.25, 0.3) is 0 Å². The summed E-state index contributed by atoms with van der Waals surface area (Å²) in [5, 5.41) is 17.5. The van der Waals surface area contributed by atoms with Gasteiger partial charge in [-0.15, -0.1) is 0 Å². The molecule has 0 unspecified atom stereocenters. The zero-order valence-electron chi connectivity index (χ0n) is 11.2. The Balaban J connectivity index is 1.70. The smallest absolute Gasteiger partial charge is 0.0771 e. The van der Waals surface area contributed by atoms with Gasteiger partial charge in [-0.3, -0.25) is 0 Å². The predicted molar refractivity (Wildman–Crippen MR) is 71.1 cm³/mol. The van der Waals surface area contributed by atoms with Crippen LogP contribution in [-0.2, 0) is 0 Å². The Hall–Kier alpha value is -0.120. The van der Waals surface area contributed by atoms with E-state index in [0.29, 0.717) is 6.04 Å². The SMILES string of the molecule is CCC1CCC(O)(CNC2CCNCC2)CC1. The number of rotatable bonds is 4. The van der Waals surface area contributed by atoms with Crippen molar-refractivity contribution in [1.29, 1.82) is 0 Å². The molecule has 2 aliphatic rings. The van der Waals surface area contributed by atoms with Crippen molar-refractivity contribution in [3.05, 3.63) is 0 Å². The van der Waals surface area contributed by atoms with Crippen LogP contribution in [0.1, 0.15) is 51.9 Å². The fourth-order valence-corrected chi connectivity index (χ4v) is 3.16. The van der Waals surface area contributed by atoms with E-state index in [-0.39, 0.29) is 0 Å². The highest BCUT2D eigenvalue weighted by Gasteiger charge is 2.32. The molecule has 0 radical (unpaired) electrons. The standard InChI is InChI=1S/C14H28N2O/c1-2-12-3-7-14(17,8-4-12)11-16-13-5-9-15-10-6-13/h12-13,15-17H,2-11H2,1H3. The largest absolute Gasteiger partial charge is 0.389 e. The molecule has 0 bridgehead atoms. The van der Waals surface area contributed by atoms with Gasteiger partial charge in [0.25, 0.3) is 0 Å². The molecule has 3 nitrogen and oxygen atoms in total. The molecule has 100 valence electrons. The minimum atomic E-state index is -0.420. The van der Waals surface area contributed by atoms with E-state index in [1.54, 1.807) is 0 Å². The Kier molecular flexibility index (Phi) is 4.83. The summed E-state index contributed by atoms with van der Waals surface area (Å²) in [5.41, 5.74) is -0.420. The lowest BCUT2D eigenvalue weighted by molar-refractivity contribution is -0.0113. The molecule has 2 fully saturated rings. The maximum atomic E-state index is 10.5. The summed E-state index contributed by atoms with van der Waals surface area (Å²) in [4.78, 5) is 0. The summed E-state index contributed by atoms with van der Waals surface area (Å²) in [7, 11) is 0. The first-order valence-electron chi connectivity index (χ1n) is 7.38. The second-order valence-electron chi connectivity index (χ2n) is 5.98. The van der Waals surface area contributed by atoms with Gasteiger partial charge in [0.2, 0.25) is 0 Å². The normalized spacial score (nSPS) is 36.0. The summed E-state index contributed by atoms with van der Waals surface area (Å²) >= 11 is 0. The second kappa shape index (κ2) is 6.17. The number of nitrogens with one attached hydrogen (secondary N) is 2. The third kappa shape index (κ3) is 3.94. The summed E-state index contributed by atoms with van der Waals surface area (Å²) in [5.74, 6) is 0.856. The van der Waals surface area contributed by atoms with Crippen LogP contribution in [-0.4, -0.2) is 36.4 Å². The van der Waals surface area contributed by atoms with Crippen molar-refractivity contribution in [2.75, 3.05) is 19.6 Å². The first kappa shape index (κ1) is 13.3. The molecule has 3 N–H and O–H groups in total. The van der Waals surface area contributed by atoms with Crippen LogP contribution in [0.15, 0.2) is 0 Å². The van der Waals surface area contributed by atoms with Crippen LogP contribution in [0.2, 0.25) is 0 Å². The van der Waals surface area contributed by atoms with Gasteiger partial charge in [-0.2, -0.15) is 0 Å². The van der Waals surface area contributed by atoms with Gasteiger partial charge >= 0.3 is 0 Å². The predicted octanol–water partition coefficient (Wildman–Crippen LogP) is 1.66. The number of hydrogen-bond donors (Lipinski definition) is 3. The average molecular weight is 240 g/mol. The zero-order chi connectivity index (χ0) is 12.1. The Bertz CT molecular complexity index is 218. The minimum Gasteiger partial charge on any atom is -0.389 e. The molecule has 1 saturated carbocycles. The molecule has 1 aliphatic heterocycles. The van der Waals surface area contributed by atoms with E-state index < -0.39 is 5.60 Å². The number of aliphatic hydroxyl groups is 1. The molecule has 0 spiro atoms. The number of hydrogen-bond acceptors (Lipinski definition) is 3. The fraction of sp³-hybridized carbons (Fsp3) is 1.00. The van der Waals surface area contributed by atoms with E-state index in [2.05, 4.69) is 17.6 Å². The van der Waals surface area contributed by atoms with Crippen molar-refractivity contribution >= 4 is 0 Å². The molecular formula is C14H28N2O. The third-order valence-corrected chi connectivity index (χ3v) is 4.67. The summed E-state index contributed by atoms with van der Waals surface area (Å²) < 4.78 is 0. The highest BCUT2D eigenvalue weighted by molar-refractivity contribution is 4.88. The van der Waals surface area contributed by atoms with Crippen molar-refractivity contribution in [3.8, 4) is 0 Å². The molecule has 0 atom stereocenters. The Morgan fingerprint density at radius 1 is 1.18 bits per heavy atom. The van der Waals surface area contributed by atoms with Crippen LogP contribution < -0.4 is 10.6 Å². The van der Waals surface area contributed by atoms with Crippen molar-refractivity contribution in [2.45, 2.75) is 63.5 Å². The van der Waals surface area contributed by atoms with Crippen molar-refractivity contribution in [2.24, 2.45) is 5.92 Å². The van der Waals surface area contributed by atoms with E-state index in [1.165, 1.54) is 32.1 Å². The van der Waals surface area contributed by atoms with Crippen LogP contribution in [0.5, 0.6) is 0 Å². The maximum absolute atomic E-state index is 10.5. The van der Waals surface area contributed by atoms with Crippen molar-refractivity contribution in [3.63, 3.8) is 0 Å². The van der Waals surface area contributed by atoms with Gasteiger partial charge in [-0.25, -0.2) is 0 Å². The van der Waals surface area contributed by atoms with Gasteiger partial charge in [0, 0.05) is 12.6 Å². The average Bonchev–Trinajstić information content (AvgIpc) is 2.39.